The van der Waals surface area contributed by atoms with Gasteiger partial charge in [0.2, 0.25) is 0 Å². The van der Waals surface area contributed by atoms with Crippen LogP contribution in [0.1, 0.15) is 22.3 Å². The Morgan fingerprint density at radius 1 is 0.944 bits per heavy atom. The maximum atomic E-state index is 14.0. The number of nitrogens with zero attached hydrogens (tertiary/aromatic N) is 2. The Kier molecular flexibility index (Phi) is 6.86. The molecule has 2 nitrogen and oxygen atoms in total. The van der Waals surface area contributed by atoms with Crippen LogP contribution in [0.4, 0.5) is 8.78 Å². The van der Waals surface area contributed by atoms with E-state index in [1.165, 1.54) is 40.3 Å². The summed E-state index contributed by atoms with van der Waals surface area (Å²) in [5.74, 6) is 2.37. The minimum Gasteiger partial charge on any atom is -0.294 e. The third-order valence-electron chi connectivity index (χ3n) is 7.61. The van der Waals surface area contributed by atoms with Crippen molar-refractivity contribution in [2.24, 2.45) is 0 Å². The molecule has 0 radical (unpaired) electrons. The van der Waals surface area contributed by atoms with E-state index in [1.807, 2.05) is 18.2 Å². The van der Waals surface area contributed by atoms with Gasteiger partial charge in [0.15, 0.2) is 0 Å². The van der Waals surface area contributed by atoms with Crippen molar-refractivity contribution >= 4 is 21.4 Å². The predicted molar refractivity (Wildman–Crippen MR) is 149 cm³/mol. The Balaban J connectivity index is 1.19. The van der Waals surface area contributed by atoms with Crippen molar-refractivity contribution in [3.63, 3.8) is 0 Å². The van der Waals surface area contributed by atoms with Crippen LogP contribution in [-0.4, -0.2) is 47.0 Å². The van der Waals surface area contributed by atoms with Crippen LogP contribution in [0.25, 0.3) is 0 Å². The molecule has 188 valence electrons. The Bertz CT molecular complexity index is 1260. The Labute approximate surface area is 218 Å². The minimum absolute atomic E-state index is 0.168. The van der Waals surface area contributed by atoms with Crippen molar-refractivity contribution in [1.29, 1.82) is 0 Å². The van der Waals surface area contributed by atoms with Crippen molar-refractivity contribution in [2.75, 3.05) is 31.1 Å². The lowest BCUT2D eigenvalue weighted by molar-refractivity contribution is 0.141. The first-order valence-electron chi connectivity index (χ1n) is 12.7. The molecule has 6 heteroatoms. The van der Waals surface area contributed by atoms with E-state index >= 15 is 0 Å². The molecule has 4 heterocycles. The Hall–Kier alpha value is -2.25. The number of hydrogen-bond acceptors (Lipinski definition) is 3. The van der Waals surface area contributed by atoms with Crippen molar-refractivity contribution in [1.82, 2.24) is 9.80 Å². The number of fused-ring (bicyclic) bond motifs is 1. The van der Waals surface area contributed by atoms with Crippen molar-refractivity contribution < 1.29 is 8.78 Å². The fourth-order valence-corrected chi connectivity index (χ4v) is 8.67. The molecule has 0 N–H and O–H groups in total. The van der Waals surface area contributed by atoms with E-state index in [-0.39, 0.29) is 17.7 Å². The predicted octanol–water partition coefficient (Wildman–Crippen LogP) is 6.73. The highest BCUT2D eigenvalue weighted by Crippen LogP contribution is 2.67. The summed E-state index contributed by atoms with van der Waals surface area (Å²) in [5, 5.41) is 9.45. The number of halogens is 2. The van der Waals surface area contributed by atoms with Gasteiger partial charge in [-0.15, -0.1) is 0 Å². The van der Waals surface area contributed by atoms with Gasteiger partial charge in [0.1, 0.15) is 11.6 Å². The lowest BCUT2D eigenvalue weighted by Gasteiger charge is -2.38. The van der Waals surface area contributed by atoms with E-state index < -0.39 is 10.0 Å². The molecular weight excluding hydrogens is 490 g/mol. The molecule has 0 bridgehead atoms. The average Bonchev–Trinajstić information content (AvgIpc) is 3.22. The quantitative estimate of drug-likeness (QED) is 0.288. The standard InChI is InChI=1S/C30H32F2N2S2/c31-28-4-1-23(2-5-28)15-30-17-27-16-29(32)6-3-26(27)20-34(30)10-9-33(18-24-7-11-35-21-24)19-25-8-12-36(22-25)13-14-36/h1-8,11-12,16,21-22,30H,9-10,13-15,17-20H2. The fraction of sp³-hybridized carbons (Fsp3) is 0.333. The number of thiophene rings is 1. The van der Waals surface area contributed by atoms with Crippen LogP contribution in [0.5, 0.6) is 0 Å². The smallest absolute Gasteiger partial charge is 0.123 e. The minimum atomic E-state index is -0.507. The summed E-state index contributed by atoms with van der Waals surface area (Å²) in [6.07, 6.45) is 4.02. The molecule has 3 aliphatic heterocycles. The van der Waals surface area contributed by atoms with Crippen LogP contribution in [0.15, 0.2) is 81.8 Å². The maximum absolute atomic E-state index is 14.0. The van der Waals surface area contributed by atoms with Crippen molar-refractivity contribution in [2.45, 2.75) is 32.0 Å². The van der Waals surface area contributed by atoms with Gasteiger partial charge in [0.25, 0.3) is 0 Å². The summed E-state index contributed by atoms with van der Waals surface area (Å²) in [6, 6.07) is 14.5. The molecule has 1 aromatic heterocycles. The average molecular weight is 523 g/mol. The second-order valence-electron chi connectivity index (χ2n) is 10.3. The van der Waals surface area contributed by atoms with E-state index in [2.05, 4.69) is 43.5 Å². The van der Waals surface area contributed by atoms with Crippen LogP contribution < -0.4 is 0 Å². The zero-order valence-electron chi connectivity index (χ0n) is 20.4. The lowest BCUT2D eigenvalue weighted by atomic mass is 9.90. The van der Waals surface area contributed by atoms with Crippen LogP contribution >= 0.6 is 21.4 Å². The van der Waals surface area contributed by atoms with Gasteiger partial charge in [-0.2, -0.15) is 21.4 Å². The van der Waals surface area contributed by atoms with Gasteiger partial charge in [-0.05, 0) is 104 Å². The molecule has 6 rings (SSSR count). The first-order valence-corrected chi connectivity index (χ1v) is 15.7. The first-order chi connectivity index (χ1) is 17.5. The maximum Gasteiger partial charge on any atom is 0.123 e. The molecule has 2 aromatic carbocycles. The molecule has 36 heavy (non-hydrogen) atoms. The van der Waals surface area contributed by atoms with Crippen LogP contribution in [0.3, 0.4) is 0 Å². The molecule has 0 aliphatic carbocycles. The zero-order valence-corrected chi connectivity index (χ0v) is 22.0. The second kappa shape index (κ2) is 10.3. The fourth-order valence-electron chi connectivity index (χ4n) is 5.45. The van der Waals surface area contributed by atoms with Crippen LogP contribution in [-0.2, 0) is 25.9 Å². The van der Waals surface area contributed by atoms with Crippen molar-refractivity contribution in [3.8, 4) is 0 Å². The van der Waals surface area contributed by atoms with E-state index in [0.29, 0.717) is 0 Å². The second-order valence-corrected chi connectivity index (χ2v) is 14.4. The van der Waals surface area contributed by atoms with Gasteiger partial charge in [0.05, 0.1) is 0 Å². The van der Waals surface area contributed by atoms with Gasteiger partial charge in [-0.3, -0.25) is 9.80 Å². The third kappa shape index (κ3) is 5.67. The molecule has 1 atom stereocenters. The van der Waals surface area contributed by atoms with Gasteiger partial charge in [-0.1, -0.05) is 24.3 Å². The molecule has 3 aliphatic rings. The summed E-state index contributed by atoms with van der Waals surface area (Å²) in [5.41, 5.74) is 6.29. The normalized spacial score (nSPS) is 21.1. The van der Waals surface area contributed by atoms with E-state index in [4.69, 9.17) is 0 Å². The van der Waals surface area contributed by atoms with Crippen LogP contribution in [0.2, 0.25) is 0 Å². The van der Waals surface area contributed by atoms with Gasteiger partial charge in [0, 0.05) is 38.8 Å². The molecule has 3 aromatic rings. The summed E-state index contributed by atoms with van der Waals surface area (Å²) in [7, 11) is -0.507. The SMILES string of the molecule is Fc1ccc(CC2Cc3cc(F)ccc3CN2CCN(CC2=CS3(C=C2)CC3)Cc2ccsc2)cc1. The summed E-state index contributed by atoms with van der Waals surface area (Å²) in [6.45, 7) is 4.68. The molecule has 0 saturated carbocycles. The van der Waals surface area contributed by atoms with E-state index in [0.717, 1.165) is 56.7 Å². The molecule has 1 spiro atoms. The molecule has 1 saturated heterocycles. The molecular formula is C30H32F2N2S2. The first kappa shape index (κ1) is 24.1. The number of benzene rings is 2. The summed E-state index contributed by atoms with van der Waals surface area (Å²) in [4.78, 5) is 5.13. The summed E-state index contributed by atoms with van der Waals surface area (Å²) >= 11 is 1.76. The topological polar surface area (TPSA) is 6.48 Å². The van der Waals surface area contributed by atoms with Gasteiger partial charge in [-0.25, -0.2) is 8.78 Å². The molecule has 1 fully saturated rings. The number of hydrogen-bond donors (Lipinski definition) is 0. The third-order valence-corrected chi connectivity index (χ3v) is 11.1. The van der Waals surface area contributed by atoms with Gasteiger partial charge < -0.3 is 0 Å². The highest BCUT2D eigenvalue weighted by Gasteiger charge is 2.35. The van der Waals surface area contributed by atoms with Gasteiger partial charge >= 0.3 is 0 Å². The monoisotopic (exact) mass is 522 g/mol. The van der Waals surface area contributed by atoms with Crippen molar-refractivity contribution in [3.05, 3.63) is 116 Å². The lowest BCUT2D eigenvalue weighted by Crippen LogP contribution is -2.45. The summed E-state index contributed by atoms with van der Waals surface area (Å²) < 4.78 is 27.5. The van der Waals surface area contributed by atoms with E-state index in [1.54, 1.807) is 23.5 Å². The Morgan fingerprint density at radius 3 is 2.53 bits per heavy atom. The molecule has 0 amide bonds. The highest BCUT2D eigenvalue weighted by atomic mass is 32.3. The largest absolute Gasteiger partial charge is 0.294 e. The number of rotatable bonds is 9. The van der Waals surface area contributed by atoms with E-state index in [9.17, 15) is 8.78 Å². The molecule has 1 unspecified atom stereocenters. The zero-order chi connectivity index (χ0) is 24.5. The van der Waals surface area contributed by atoms with Crippen LogP contribution in [0, 0.1) is 11.6 Å². The highest BCUT2D eigenvalue weighted by molar-refractivity contribution is 8.44. The Morgan fingerprint density at radius 2 is 1.78 bits per heavy atom.